The van der Waals surface area contributed by atoms with Crippen LogP contribution >= 0.6 is 11.6 Å². The molecule has 2 heterocycles. The zero-order valence-electron chi connectivity index (χ0n) is 10.2. The van der Waals surface area contributed by atoms with Gasteiger partial charge in [-0.1, -0.05) is 11.6 Å². The second kappa shape index (κ2) is 5.02. The maximum atomic E-state index is 5.91. The first-order valence-corrected chi connectivity index (χ1v) is 6.70. The van der Waals surface area contributed by atoms with E-state index < -0.39 is 0 Å². The van der Waals surface area contributed by atoms with Crippen LogP contribution in [0.25, 0.3) is 0 Å². The van der Waals surface area contributed by atoms with Gasteiger partial charge in [-0.3, -0.25) is 4.68 Å². The standard InChI is InChI=1S/C14H16ClN3/c15-12-2-4-13(5-3-12)17-10-6-14(7-11-17)18-9-1-8-16-18/h1-5,8-9,14H,6-7,10-11H2. The van der Waals surface area contributed by atoms with Crippen LogP contribution in [-0.2, 0) is 0 Å². The van der Waals surface area contributed by atoms with Crippen molar-refractivity contribution in [2.45, 2.75) is 18.9 Å². The molecule has 0 radical (unpaired) electrons. The van der Waals surface area contributed by atoms with E-state index in [0.29, 0.717) is 6.04 Å². The zero-order valence-corrected chi connectivity index (χ0v) is 10.9. The molecule has 0 N–H and O–H groups in total. The SMILES string of the molecule is Clc1ccc(N2CCC(n3cccn3)CC2)cc1. The van der Waals surface area contributed by atoms with Crippen LogP contribution in [0.1, 0.15) is 18.9 Å². The average molecular weight is 262 g/mol. The lowest BCUT2D eigenvalue weighted by Crippen LogP contribution is -2.34. The van der Waals surface area contributed by atoms with E-state index in [4.69, 9.17) is 11.6 Å². The normalized spacial score (nSPS) is 17.1. The summed E-state index contributed by atoms with van der Waals surface area (Å²) < 4.78 is 2.08. The molecule has 1 aromatic carbocycles. The summed E-state index contributed by atoms with van der Waals surface area (Å²) in [6.45, 7) is 2.15. The number of halogens is 1. The Balaban J connectivity index is 1.65. The van der Waals surface area contributed by atoms with Crippen molar-refractivity contribution in [2.24, 2.45) is 0 Å². The number of nitrogens with zero attached hydrogens (tertiary/aromatic N) is 3. The lowest BCUT2D eigenvalue weighted by atomic mass is 10.0. The van der Waals surface area contributed by atoms with Crippen molar-refractivity contribution >= 4 is 17.3 Å². The lowest BCUT2D eigenvalue weighted by Gasteiger charge is -2.33. The van der Waals surface area contributed by atoms with Crippen molar-refractivity contribution < 1.29 is 0 Å². The third kappa shape index (κ3) is 2.36. The smallest absolute Gasteiger partial charge is 0.0552 e. The average Bonchev–Trinajstić information content (AvgIpc) is 2.94. The first-order chi connectivity index (χ1) is 8.83. The summed E-state index contributed by atoms with van der Waals surface area (Å²) in [5, 5.41) is 5.13. The van der Waals surface area contributed by atoms with Gasteiger partial charge in [0.15, 0.2) is 0 Å². The van der Waals surface area contributed by atoms with E-state index in [2.05, 4.69) is 33.0 Å². The van der Waals surface area contributed by atoms with E-state index in [1.807, 2.05) is 24.4 Å². The first-order valence-electron chi connectivity index (χ1n) is 6.32. The molecule has 0 unspecified atom stereocenters. The second-order valence-electron chi connectivity index (χ2n) is 4.68. The summed E-state index contributed by atoms with van der Waals surface area (Å²) >= 11 is 5.91. The summed E-state index contributed by atoms with van der Waals surface area (Å²) in [5.74, 6) is 0. The number of hydrogen-bond donors (Lipinski definition) is 0. The van der Waals surface area contributed by atoms with Gasteiger partial charge in [0.1, 0.15) is 0 Å². The van der Waals surface area contributed by atoms with Crippen molar-refractivity contribution in [3.8, 4) is 0 Å². The van der Waals surface area contributed by atoms with Gasteiger partial charge in [-0.2, -0.15) is 5.10 Å². The third-order valence-corrected chi connectivity index (χ3v) is 3.81. The van der Waals surface area contributed by atoms with Crippen LogP contribution in [0.15, 0.2) is 42.7 Å². The highest BCUT2D eigenvalue weighted by Crippen LogP contribution is 2.26. The topological polar surface area (TPSA) is 21.1 Å². The van der Waals surface area contributed by atoms with Gasteiger partial charge in [0, 0.05) is 36.2 Å². The summed E-state index contributed by atoms with van der Waals surface area (Å²) in [4.78, 5) is 2.41. The highest BCUT2D eigenvalue weighted by molar-refractivity contribution is 6.30. The molecule has 1 aliphatic heterocycles. The minimum Gasteiger partial charge on any atom is -0.371 e. The Hall–Kier alpha value is -1.48. The van der Waals surface area contributed by atoms with Gasteiger partial charge in [-0.05, 0) is 43.2 Å². The molecule has 0 amide bonds. The van der Waals surface area contributed by atoms with Gasteiger partial charge in [0.05, 0.1) is 6.04 Å². The van der Waals surface area contributed by atoms with Crippen molar-refractivity contribution in [2.75, 3.05) is 18.0 Å². The first kappa shape index (κ1) is 11.6. The highest BCUT2D eigenvalue weighted by atomic mass is 35.5. The third-order valence-electron chi connectivity index (χ3n) is 3.56. The summed E-state index contributed by atoms with van der Waals surface area (Å²) in [6.07, 6.45) is 6.20. The molecule has 18 heavy (non-hydrogen) atoms. The molecule has 3 nitrogen and oxygen atoms in total. The molecule has 4 heteroatoms. The van der Waals surface area contributed by atoms with Gasteiger partial charge in [-0.25, -0.2) is 0 Å². The number of benzene rings is 1. The number of aromatic nitrogens is 2. The second-order valence-corrected chi connectivity index (χ2v) is 5.12. The molecule has 0 spiro atoms. The molecule has 94 valence electrons. The van der Waals surface area contributed by atoms with E-state index >= 15 is 0 Å². The molecule has 0 atom stereocenters. The highest BCUT2D eigenvalue weighted by Gasteiger charge is 2.20. The maximum Gasteiger partial charge on any atom is 0.0552 e. The Morgan fingerprint density at radius 3 is 2.44 bits per heavy atom. The largest absolute Gasteiger partial charge is 0.371 e. The van der Waals surface area contributed by atoms with Gasteiger partial charge in [0.2, 0.25) is 0 Å². The minimum atomic E-state index is 0.545. The monoisotopic (exact) mass is 261 g/mol. The molecule has 1 saturated heterocycles. The fourth-order valence-corrected chi connectivity index (χ4v) is 2.66. The van der Waals surface area contributed by atoms with Gasteiger partial charge < -0.3 is 4.90 Å². The van der Waals surface area contributed by atoms with E-state index in [0.717, 1.165) is 31.0 Å². The van der Waals surface area contributed by atoms with Crippen LogP contribution in [0.2, 0.25) is 5.02 Å². The van der Waals surface area contributed by atoms with Gasteiger partial charge >= 0.3 is 0 Å². The zero-order chi connectivity index (χ0) is 12.4. The van der Waals surface area contributed by atoms with Crippen molar-refractivity contribution in [3.05, 3.63) is 47.7 Å². The number of rotatable bonds is 2. The number of piperidine rings is 1. The van der Waals surface area contributed by atoms with Crippen molar-refractivity contribution in [3.63, 3.8) is 0 Å². The molecule has 0 aliphatic carbocycles. The van der Waals surface area contributed by atoms with Gasteiger partial charge in [0.25, 0.3) is 0 Å². The molecule has 1 aliphatic rings. The maximum absolute atomic E-state index is 5.91. The quantitative estimate of drug-likeness (QED) is 0.826. The van der Waals surface area contributed by atoms with E-state index in [1.165, 1.54) is 5.69 Å². The van der Waals surface area contributed by atoms with Crippen molar-refractivity contribution in [1.82, 2.24) is 9.78 Å². The molecule has 1 aromatic heterocycles. The van der Waals surface area contributed by atoms with Gasteiger partial charge in [-0.15, -0.1) is 0 Å². The number of hydrogen-bond acceptors (Lipinski definition) is 2. The Bertz CT molecular complexity index is 484. The fourth-order valence-electron chi connectivity index (χ4n) is 2.54. The Labute approximate surface area is 112 Å². The Morgan fingerprint density at radius 1 is 1.11 bits per heavy atom. The van der Waals surface area contributed by atoms with E-state index in [9.17, 15) is 0 Å². The predicted octanol–water partition coefficient (Wildman–Crippen LogP) is 3.38. The van der Waals surface area contributed by atoms with E-state index in [-0.39, 0.29) is 0 Å². The van der Waals surface area contributed by atoms with Crippen LogP contribution in [-0.4, -0.2) is 22.9 Å². The molecule has 0 bridgehead atoms. The number of anilines is 1. The van der Waals surface area contributed by atoms with Crippen molar-refractivity contribution in [1.29, 1.82) is 0 Å². The van der Waals surface area contributed by atoms with Crippen LogP contribution in [0.4, 0.5) is 5.69 Å². The minimum absolute atomic E-state index is 0.545. The molecule has 3 rings (SSSR count). The van der Waals surface area contributed by atoms with Crippen LogP contribution in [0.3, 0.4) is 0 Å². The summed E-state index contributed by atoms with van der Waals surface area (Å²) in [6, 6.07) is 10.6. The van der Waals surface area contributed by atoms with Crippen LogP contribution < -0.4 is 4.90 Å². The molecule has 2 aromatic rings. The fraction of sp³-hybridized carbons (Fsp3) is 0.357. The predicted molar refractivity (Wildman–Crippen MR) is 74.2 cm³/mol. The Kier molecular flexibility index (Phi) is 3.24. The summed E-state index contributed by atoms with van der Waals surface area (Å²) in [5.41, 5.74) is 1.26. The molecular weight excluding hydrogens is 246 g/mol. The molecule has 0 saturated carbocycles. The van der Waals surface area contributed by atoms with Crippen LogP contribution in [0, 0.1) is 0 Å². The van der Waals surface area contributed by atoms with E-state index in [1.54, 1.807) is 0 Å². The molecule has 1 fully saturated rings. The lowest BCUT2D eigenvalue weighted by molar-refractivity contribution is 0.367. The molecular formula is C14H16ClN3. The summed E-state index contributed by atoms with van der Waals surface area (Å²) in [7, 11) is 0. The van der Waals surface area contributed by atoms with Crippen LogP contribution in [0.5, 0.6) is 0 Å². The Morgan fingerprint density at radius 2 is 1.83 bits per heavy atom.